The number of anilines is 1. The molecule has 1 N–H and O–H groups in total. The van der Waals surface area contributed by atoms with Crippen LogP contribution in [0.1, 0.15) is 5.76 Å². The number of aromatic nitrogens is 3. The van der Waals surface area contributed by atoms with Crippen molar-refractivity contribution in [3.05, 3.63) is 58.5 Å². The lowest BCUT2D eigenvalue weighted by Gasteiger charge is -1.97. The van der Waals surface area contributed by atoms with Gasteiger partial charge in [0.25, 0.3) is 5.56 Å². The van der Waals surface area contributed by atoms with Gasteiger partial charge in [0.05, 0.1) is 23.7 Å². The highest BCUT2D eigenvalue weighted by Gasteiger charge is 2.11. The maximum Gasteiger partial charge on any atom is 0.283 e. The predicted molar refractivity (Wildman–Crippen MR) is 80.6 cm³/mol. The molecule has 4 rings (SSSR count). The quantitative estimate of drug-likeness (QED) is 0.629. The Hall–Kier alpha value is -2.74. The molecule has 3 aromatic heterocycles. The van der Waals surface area contributed by atoms with Crippen molar-refractivity contribution in [1.82, 2.24) is 14.6 Å². The Morgan fingerprint density at radius 3 is 3.09 bits per heavy atom. The zero-order chi connectivity index (χ0) is 15.1. The molecule has 3 heterocycles. The minimum Gasteiger partial charge on any atom is -0.467 e. The first-order valence-corrected chi connectivity index (χ1v) is 7.28. The molecule has 0 amide bonds. The smallest absolute Gasteiger partial charge is 0.283 e. The van der Waals surface area contributed by atoms with E-state index in [4.69, 9.17) is 4.42 Å². The number of nitrogens with zero attached hydrogens (tertiary/aromatic N) is 3. The van der Waals surface area contributed by atoms with Crippen molar-refractivity contribution in [1.29, 1.82) is 0 Å². The highest BCUT2D eigenvalue weighted by atomic mass is 32.1. The minimum absolute atomic E-state index is 0.317. The first-order chi connectivity index (χ1) is 10.7. The van der Waals surface area contributed by atoms with Crippen molar-refractivity contribution in [2.45, 2.75) is 6.54 Å². The molecule has 6 nitrogen and oxygen atoms in total. The number of fused-ring (bicyclic) bond motifs is 2. The Bertz CT molecular complexity index is 1020. The molecule has 0 spiro atoms. The molecule has 0 aliphatic rings. The topological polar surface area (TPSA) is 72.4 Å². The van der Waals surface area contributed by atoms with E-state index in [9.17, 15) is 9.18 Å². The summed E-state index contributed by atoms with van der Waals surface area (Å²) >= 11 is 1.22. The maximum absolute atomic E-state index is 13.3. The van der Waals surface area contributed by atoms with Gasteiger partial charge in [-0.05, 0) is 24.3 Å². The molecular weight excluding hydrogens is 307 g/mol. The van der Waals surface area contributed by atoms with Crippen LogP contribution < -0.4 is 10.9 Å². The number of nitrogens with one attached hydrogen (secondary N) is 1. The lowest BCUT2D eigenvalue weighted by atomic mass is 10.2. The van der Waals surface area contributed by atoms with E-state index >= 15 is 0 Å². The number of hydrogen-bond acceptors (Lipinski definition) is 6. The second-order valence-corrected chi connectivity index (χ2v) is 5.57. The molecule has 0 saturated heterocycles. The van der Waals surface area contributed by atoms with Gasteiger partial charge < -0.3 is 9.73 Å². The van der Waals surface area contributed by atoms with Gasteiger partial charge in [0.15, 0.2) is 0 Å². The van der Waals surface area contributed by atoms with Gasteiger partial charge in [0.1, 0.15) is 11.6 Å². The van der Waals surface area contributed by atoms with E-state index in [1.807, 2.05) is 6.07 Å². The van der Waals surface area contributed by atoms with Crippen LogP contribution in [0.15, 0.2) is 45.8 Å². The van der Waals surface area contributed by atoms with Crippen LogP contribution in [0.25, 0.3) is 15.9 Å². The Labute approximate surface area is 126 Å². The lowest BCUT2D eigenvalue weighted by Crippen LogP contribution is -2.15. The fourth-order valence-corrected chi connectivity index (χ4v) is 2.92. The van der Waals surface area contributed by atoms with Crippen LogP contribution in [0.4, 0.5) is 9.52 Å². The monoisotopic (exact) mass is 316 g/mol. The molecule has 1 aromatic carbocycles. The Morgan fingerprint density at radius 1 is 1.36 bits per heavy atom. The summed E-state index contributed by atoms with van der Waals surface area (Å²) < 4.78 is 19.7. The summed E-state index contributed by atoms with van der Waals surface area (Å²) in [5.41, 5.74) is 0.00790. The van der Waals surface area contributed by atoms with Gasteiger partial charge in [-0.2, -0.15) is 4.52 Å². The van der Waals surface area contributed by atoms with Crippen LogP contribution in [0.2, 0.25) is 0 Å². The predicted octanol–water partition coefficient (Wildman–Crippen LogP) is 2.65. The van der Waals surface area contributed by atoms with Gasteiger partial charge in [-0.1, -0.05) is 11.3 Å². The Kier molecular flexibility index (Phi) is 2.90. The summed E-state index contributed by atoms with van der Waals surface area (Å²) in [5, 5.41) is 8.14. The molecule has 0 bridgehead atoms. The molecule has 0 unspecified atom stereocenters. The summed E-state index contributed by atoms with van der Waals surface area (Å²) in [6.07, 6.45) is 1.59. The fraction of sp³-hybridized carbons (Fsp3) is 0.0714. The second kappa shape index (κ2) is 4.92. The third-order valence-corrected chi connectivity index (χ3v) is 4.02. The molecule has 0 atom stereocenters. The third kappa shape index (κ3) is 2.13. The average molecular weight is 316 g/mol. The fourth-order valence-electron chi connectivity index (χ4n) is 2.13. The number of furan rings is 1. The molecule has 0 aliphatic carbocycles. The number of benzene rings is 1. The van der Waals surface area contributed by atoms with Crippen LogP contribution in [-0.4, -0.2) is 14.6 Å². The van der Waals surface area contributed by atoms with Crippen LogP contribution in [0, 0.1) is 5.82 Å². The molecular formula is C14H9FN4O2S. The largest absolute Gasteiger partial charge is 0.467 e. The maximum atomic E-state index is 13.3. The number of hydrogen-bond donors (Lipinski definition) is 1. The van der Waals surface area contributed by atoms with Crippen LogP contribution in [-0.2, 0) is 6.54 Å². The van der Waals surface area contributed by atoms with Gasteiger partial charge in [-0.15, -0.1) is 5.10 Å². The average Bonchev–Trinajstić information content (AvgIpc) is 3.13. The second-order valence-electron chi connectivity index (χ2n) is 4.61. The van der Waals surface area contributed by atoms with Gasteiger partial charge in [-0.3, -0.25) is 4.79 Å². The van der Waals surface area contributed by atoms with Crippen molar-refractivity contribution in [2.24, 2.45) is 0 Å². The molecule has 110 valence electrons. The molecule has 0 aliphatic heterocycles. The van der Waals surface area contributed by atoms with Crippen molar-refractivity contribution in [2.75, 3.05) is 5.32 Å². The van der Waals surface area contributed by atoms with Gasteiger partial charge in [0.2, 0.25) is 10.1 Å². The zero-order valence-electron chi connectivity index (χ0n) is 11.1. The Balaban J connectivity index is 1.78. The highest BCUT2D eigenvalue weighted by molar-refractivity contribution is 7.20. The zero-order valence-corrected chi connectivity index (χ0v) is 11.9. The van der Waals surface area contributed by atoms with E-state index in [-0.39, 0.29) is 5.56 Å². The van der Waals surface area contributed by atoms with Crippen LogP contribution >= 0.6 is 11.3 Å². The SMILES string of the molecule is O=c1c2ccc(F)cc2nc2sc(NCc3ccco3)nn12. The first-order valence-electron chi connectivity index (χ1n) is 6.46. The van der Waals surface area contributed by atoms with Crippen molar-refractivity contribution < 1.29 is 8.81 Å². The number of rotatable bonds is 3. The van der Waals surface area contributed by atoms with Crippen molar-refractivity contribution in [3.63, 3.8) is 0 Å². The summed E-state index contributed by atoms with van der Waals surface area (Å²) in [4.78, 5) is 17.0. The first kappa shape index (κ1) is 13.0. The minimum atomic E-state index is -0.426. The van der Waals surface area contributed by atoms with E-state index in [0.29, 0.717) is 27.5 Å². The van der Waals surface area contributed by atoms with Crippen LogP contribution in [0.5, 0.6) is 0 Å². The van der Waals surface area contributed by atoms with Crippen molar-refractivity contribution in [3.8, 4) is 0 Å². The molecule has 22 heavy (non-hydrogen) atoms. The van der Waals surface area contributed by atoms with Gasteiger partial charge in [0, 0.05) is 6.07 Å². The Morgan fingerprint density at radius 2 is 2.27 bits per heavy atom. The molecule has 0 saturated carbocycles. The molecule has 0 radical (unpaired) electrons. The molecule has 4 aromatic rings. The van der Waals surface area contributed by atoms with Crippen molar-refractivity contribution >= 4 is 32.3 Å². The van der Waals surface area contributed by atoms with Crippen LogP contribution in [0.3, 0.4) is 0 Å². The van der Waals surface area contributed by atoms with E-state index < -0.39 is 5.82 Å². The van der Waals surface area contributed by atoms with E-state index in [1.165, 1.54) is 34.1 Å². The van der Waals surface area contributed by atoms with Gasteiger partial charge in [-0.25, -0.2) is 9.37 Å². The van der Waals surface area contributed by atoms with E-state index in [2.05, 4.69) is 15.4 Å². The molecule has 8 heteroatoms. The lowest BCUT2D eigenvalue weighted by molar-refractivity contribution is 0.518. The van der Waals surface area contributed by atoms with E-state index in [1.54, 1.807) is 12.3 Å². The highest BCUT2D eigenvalue weighted by Crippen LogP contribution is 2.20. The number of halogens is 1. The summed E-state index contributed by atoms with van der Waals surface area (Å²) in [6.45, 7) is 0.454. The third-order valence-electron chi connectivity index (χ3n) is 3.15. The standard InChI is InChI=1S/C14H9FN4O2S/c15-8-3-4-10-11(6-8)17-14-19(12(10)20)18-13(22-14)16-7-9-2-1-5-21-9/h1-6H,7H2,(H,16,18). The van der Waals surface area contributed by atoms with Gasteiger partial charge >= 0.3 is 0 Å². The summed E-state index contributed by atoms with van der Waals surface area (Å²) in [7, 11) is 0. The summed E-state index contributed by atoms with van der Waals surface area (Å²) in [5.74, 6) is 0.330. The van der Waals surface area contributed by atoms with E-state index in [0.717, 1.165) is 5.76 Å². The summed E-state index contributed by atoms with van der Waals surface area (Å²) in [6, 6.07) is 7.53. The molecule has 0 fully saturated rings. The normalized spacial score (nSPS) is 11.3.